The van der Waals surface area contributed by atoms with Crippen LogP contribution in [-0.2, 0) is 6.54 Å². The minimum absolute atomic E-state index is 0.0629. The molecule has 0 fully saturated rings. The van der Waals surface area contributed by atoms with Gasteiger partial charge in [0.25, 0.3) is 5.91 Å². The van der Waals surface area contributed by atoms with E-state index in [0.717, 1.165) is 0 Å². The van der Waals surface area contributed by atoms with E-state index < -0.39 is 33.7 Å². The molecule has 104 valence electrons. The second kappa shape index (κ2) is 5.43. The summed E-state index contributed by atoms with van der Waals surface area (Å²) in [6.45, 7) is 0.0629. The lowest BCUT2D eigenvalue weighted by Crippen LogP contribution is -2.24. The number of aromatic amines is 1. The van der Waals surface area contributed by atoms with E-state index in [1.807, 2.05) is 0 Å². The van der Waals surface area contributed by atoms with Crippen molar-refractivity contribution < 1.29 is 18.5 Å². The Bertz CT molecular complexity index is 658. The van der Waals surface area contributed by atoms with Gasteiger partial charge in [-0.1, -0.05) is 0 Å². The van der Waals surface area contributed by atoms with Crippen molar-refractivity contribution >= 4 is 11.6 Å². The van der Waals surface area contributed by atoms with E-state index >= 15 is 0 Å². The van der Waals surface area contributed by atoms with Gasteiger partial charge in [-0.2, -0.15) is 9.49 Å². The van der Waals surface area contributed by atoms with Gasteiger partial charge >= 0.3 is 5.69 Å². The molecule has 1 heterocycles. The molecule has 0 spiro atoms. The molecular formula is C11H8F2N4O3. The molecule has 0 atom stereocenters. The number of amides is 1. The van der Waals surface area contributed by atoms with Gasteiger partial charge in [0.05, 0.1) is 22.7 Å². The number of nitrogens with one attached hydrogen (secondary N) is 2. The maximum Gasteiger partial charge on any atom is 0.307 e. The van der Waals surface area contributed by atoms with Gasteiger partial charge in [0.2, 0.25) is 5.82 Å². The predicted molar refractivity (Wildman–Crippen MR) is 62.8 cm³/mol. The van der Waals surface area contributed by atoms with Crippen molar-refractivity contribution in [3.63, 3.8) is 0 Å². The Balaban J connectivity index is 2.17. The zero-order chi connectivity index (χ0) is 14.7. The van der Waals surface area contributed by atoms with Gasteiger partial charge in [-0.05, 0) is 6.07 Å². The van der Waals surface area contributed by atoms with Crippen LogP contribution in [0.25, 0.3) is 0 Å². The first-order valence-electron chi connectivity index (χ1n) is 5.38. The lowest BCUT2D eigenvalue weighted by molar-refractivity contribution is -0.387. The van der Waals surface area contributed by atoms with E-state index in [0.29, 0.717) is 17.7 Å². The van der Waals surface area contributed by atoms with Crippen molar-refractivity contribution in [2.24, 2.45) is 0 Å². The average molecular weight is 282 g/mol. The van der Waals surface area contributed by atoms with Crippen LogP contribution in [0.3, 0.4) is 0 Å². The summed E-state index contributed by atoms with van der Waals surface area (Å²) in [4.78, 5) is 21.0. The standard InChI is InChI=1S/C11H8F2N4O3/c12-8-2-10(17(19)20)9(13)1-7(8)11(18)14-3-6-4-15-16-5-6/h1-2,4-5H,3H2,(H,14,18)(H,15,16). The van der Waals surface area contributed by atoms with Gasteiger partial charge in [-0.3, -0.25) is 20.0 Å². The highest BCUT2D eigenvalue weighted by molar-refractivity contribution is 5.94. The summed E-state index contributed by atoms with van der Waals surface area (Å²) in [6, 6.07) is 0.875. The second-order valence-corrected chi connectivity index (χ2v) is 3.83. The van der Waals surface area contributed by atoms with Crippen molar-refractivity contribution in [2.75, 3.05) is 0 Å². The number of hydrogen-bond acceptors (Lipinski definition) is 4. The van der Waals surface area contributed by atoms with E-state index in [9.17, 15) is 23.7 Å². The molecule has 0 radical (unpaired) electrons. The maximum absolute atomic E-state index is 13.6. The molecule has 9 heteroatoms. The van der Waals surface area contributed by atoms with Gasteiger partial charge in [-0.15, -0.1) is 0 Å². The van der Waals surface area contributed by atoms with E-state index in [1.54, 1.807) is 0 Å². The summed E-state index contributed by atoms with van der Waals surface area (Å²) in [5, 5.41) is 18.9. The number of H-pyrrole nitrogens is 1. The number of carbonyl (C=O) groups is 1. The maximum atomic E-state index is 13.6. The molecule has 20 heavy (non-hydrogen) atoms. The first-order chi connectivity index (χ1) is 9.49. The van der Waals surface area contributed by atoms with Crippen LogP contribution in [0, 0.1) is 21.7 Å². The third-order valence-corrected chi connectivity index (χ3v) is 2.49. The number of halogens is 2. The molecule has 1 aromatic carbocycles. The zero-order valence-electron chi connectivity index (χ0n) is 9.89. The Morgan fingerprint density at radius 2 is 2.15 bits per heavy atom. The van der Waals surface area contributed by atoms with Crippen LogP contribution >= 0.6 is 0 Å². The largest absolute Gasteiger partial charge is 0.348 e. The van der Waals surface area contributed by atoms with Gasteiger partial charge in [0, 0.05) is 18.3 Å². The van der Waals surface area contributed by atoms with Crippen LogP contribution in [0.5, 0.6) is 0 Å². The number of carbonyl (C=O) groups excluding carboxylic acids is 1. The molecule has 0 aliphatic heterocycles. The van der Waals surface area contributed by atoms with Crippen LogP contribution in [0.2, 0.25) is 0 Å². The number of rotatable bonds is 4. The molecule has 0 saturated heterocycles. The minimum atomic E-state index is -1.27. The molecule has 0 aliphatic carbocycles. The van der Waals surface area contributed by atoms with E-state index in [4.69, 9.17) is 0 Å². The Hall–Kier alpha value is -2.84. The highest BCUT2D eigenvalue weighted by atomic mass is 19.1. The quantitative estimate of drug-likeness (QED) is 0.655. The summed E-state index contributed by atoms with van der Waals surface area (Å²) < 4.78 is 26.9. The Labute approximate surface area is 110 Å². The van der Waals surface area contributed by atoms with Gasteiger partial charge in [-0.25, -0.2) is 4.39 Å². The first kappa shape index (κ1) is 13.6. The summed E-state index contributed by atoms with van der Waals surface area (Å²) in [5.74, 6) is -3.31. The van der Waals surface area contributed by atoms with E-state index in [1.165, 1.54) is 12.4 Å². The molecule has 0 bridgehead atoms. The third-order valence-electron chi connectivity index (χ3n) is 2.49. The Morgan fingerprint density at radius 3 is 2.75 bits per heavy atom. The summed E-state index contributed by atoms with van der Waals surface area (Å²) in [7, 11) is 0. The zero-order valence-corrected chi connectivity index (χ0v) is 9.89. The number of nitro benzene ring substituents is 1. The van der Waals surface area contributed by atoms with Gasteiger partial charge in [0.15, 0.2) is 0 Å². The summed E-state index contributed by atoms with van der Waals surface area (Å²) in [6.07, 6.45) is 2.97. The van der Waals surface area contributed by atoms with Crippen LogP contribution in [0.4, 0.5) is 14.5 Å². The van der Waals surface area contributed by atoms with Crippen LogP contribution < -0.4 is 5.32 Å². The van der Waals surface area contributed by atoms with E-state index in [2.05, 4.69) is 15.5 Å². The molecule has 1 amide bonds. The molecule has 0 aliphatic rings. The Kier molecular flexibility index (Phi) is 3.69. The van der Waals surface area contributed by atoms with Crippen LogP contribution in [0.1, 0.15) is 15.9 Å². The molecule has 2 rings (SSSR count). The fourth-order valence-electron chi connectivity index (χ4n) is 1.50. The Morgan fingerprint density at radius 1 is 1.40 bits per heavy atom. The van der Waals surface area contributed by atoms with Crippen LogP contribution in [0.15, 0.2) is 24.5 Å². The van der Waals surface area contributed by atoms with Crippen molar-refractivity contribution in [3.05, 3.63) is 57.4 Å². The monoisotopic (exact) mass is 282 g/mol. The molecule has 0 saturated carbocycles. The van der Waals surface area contributed by atoms with Crippen molar-refractivity contribution in [1.29, 1.82) is 0 Å². The molecule has 2 aromatic rings. The molecule has 0 unspecified atom stereocenters. The van der Waals surface area contributed by atoms with Crippen molar-refractivity contribution in [1.82, 2.24) is 15.5 Å². The molecular weight excluding hydrogens is 274 g/mol. The topological polar surface area (TPSA) is 101 Å². The van der Waals surface area contributed by atoms with Gasteiger partial charge in [0.1, 0.15) is 5.82 Å². The average Bonchev–Trinajstić information content (AvgIpc) is 2.91. The third kappa shape index (κ3) is 2.76. The lowest BCUT2D eigenvalue weighted by Gasteiger charge is -2.05. The predicted octanol–water partition coefficient (Wildman–Crippen LogP) is 1.53. The molecule has 1 aromatic heterocycles. The number of nitrogens with zero attached hydrogens (tertiary/aromatic N) is 2. The van der Waals surface area contributed by atoms with Gasteiger partial charge < -0.3 is 5.32 Å². The smallest absolute Gasteiger partial charge is 0.307 e. The highest BCUT2D eigenvalue weighted by Crippen LogP contribution is 2.21. The number of benzene rings is 1. The number of nitro groups is 1. The fourth-order valence-corrected chi connectivity index (χ4v) is 1.50. The fraction of sp³-hybridized carbons (Fsp3) is 0.0909. The van der Waals surface area contributed by atoms with E-state index in [-0.39, 0.29) is 6.54 Å². The second-order valence-electron chi connectivity index (χ2n) is 3.83. The summed E-state index contributed by atoms with van der Waals surface area (Å²) >= 11 is 0. The molecule has 7 nitrogen and oxygen atoms in total. The van der Waals surface area contributed by atoms with Crippen LogP contribution in [-0.4, -0.2) is 21.0 Å². The van der Waals surface area contributed by atoms with Crippen molar-refractivity contribution in [3.8, 4) is 0 Å². The minimum Gasteiger partial charge on any atom is -0.348 e. The first-order valence-corrected chi connectivity index (χ1v) is 5.38. The van der Waals surface area contributed by atoms with Crippen molar-refractivity contribution in [2.45, 2.75) is 6.54 Å². The summed E-state index contributed by atoms with van der Waals surface area (Å²) in [5.41, 5.74) is -0.980. The number of aromatic nitrogens is 2. The molecule has 2 N–H and O–H groups in total. The lowest BCUT2D eigenvalue weighted by atomic mass is 10.1. The number of hydrogen-bond donors (Lipinski definition) is 2. The highest BCUT2D eigenvalue weighted by Gasteiger charge is 2.21. The normalized spacial score (nSPS) is 10.3. The SMILES string of the molecule is O=C(NCc1cn[nH]c1)c1cc(F)c([N+](=O)[O-])cc1F.